The molecule has 0 bridgehead atoms. The summed E-state index contributed by atoms with van der Waals surface area (Å²) in [4.78, 5) is 7.88. The van der Waals surface area contributed by atoms with Crippen molar-refractivity contribution >= 4 is 33.2 Å². The molecule has 5 heteroatoms. The fourth-order valence-electron chi connectivity index (χ4n) is 1.25. The topological polar surface area (TPSA) is 37.8 Å². The molecule has 0 unspecified atom stereocenters. The Labute approximate surface area is 107 Å². The summed E-state index contributed by atoms with van der Waals surface area (Å²) in [6.45, 7) is 0.655. The third-order valence-corrected chi connectivity index (χ3v) is 2.83. The number of anilines is 1. The standard InChI is InChI=1S/C11H9BrClN3/c12-9-1-2-11(10(13)3-9)16-6-8-4-14-7-15-5-8/h1-5,7,16H,6H2. The Balaban J connectivity index is 2.05. The lowest BCUT2D eigenvalue weighted by Gasteiger charge is -2.08. The molecule has 2 aromatic rings. The first-order chi connectivity index (χ1) is 7.75. The highest BCUT2D eigenvalue weighted by atomic mass is 79.9. The molecule has 2 rings (SSSR count). The molecule has 0 atom stereocenters. The molecule has 1 N–H and O–H groups in total. The Morgan fingerprint density at radius 2 is 2.00 bits per heavy atom. The van der Waals surface area contributed by atoms with Crippen LogP contribution >= 0.6 is 27.5 Å². The Morgan fingerprint density at radius 1 is 1.25 bits per heavy atom. The third kappa shape index (κ3) is 2.93. The molecule has 0 saturated carbocycles. The van der Waals surface area contributed by atoms with Crippen LogP contribution < -0.4 is 5.32 Å². The minimum absolute atomic E-state index is 0.655. The maximum Gasteiger partial charge on any atom is 0.115 e. The zero-order valence-corrected chi connectivity index (χ0v) is 10.7. The van der Waals surface area contributed by atoms with Crippen molar-refractivity contribution in [2.24, 2.45) is 0 Å². The minimum Gasteiger partial charge on any atom is -0.380 e. The van der Waals surface area contributed by atoms with E-state index >= 15 is 0 Å². The minimum atomic E-state index is 0.655. The molecule has 0 aliphatic rings. The zero-order valence-electron chi connectivity index (χ0n) is 8.32. The number of rotatable bonds is 3. The van der Waals surface area contributed by atoms with Gasteiger partial charge in [0.25, 0.3) is 0 Å². The van der Waals surface area contributed by atoms with Crippen molar-refractivity contribution in [1.82, 2.24) is 9.97 Å². The predicted octanol–water partition coefficient (Wildman–Crippen LogP) is 3.50. The van der Waals surface area contributed by atoms with Gasteiger partial charge in [-0.3, -0.25) is 0 Å². The van der Waals surface area contributed by atoms with Gasteiger partial charge in [0.15, 0.2) is 0 Å². The van der Waals surface area contributed by atoms with Crippen molar-refractivity contribution in [3.8, 4) is 0 Å². The molecule has 1 aromatic carbocycles. The molecule has 0 saturated heterocycles. The molecular weight excluding hydrogens is 289 g/mol. The van der Waals surface area contributed by atoms with Crippen LogP contribution in [0.2, 0.25) is 5.02 Å². The normalized spacial score (nSPS) is 10.1. The van der Waals surface area contributed by atoms with E-state index in [1.54, 1.807) is 12.4 Å². The maximum absolute atomic E-state index is 6.07. The Hall–Kier alpha value is -1.13. The van der Waals surface area contributed by atoms with E-state index in [4.69, 9.17) is 11.6 Å². The molecular formula is C11H9BrClN3. The molecule has 0 amide bonds. The average Bonchev–Trinajstić information content (AvgIpc) is 2.29. The highest BCUT2D eigenvalue weighted by Gasteiger charge is 2.00. The second-order valence-corrected chi connectivity index (χ2v) is 4.55. The third-order valence-electron chi connectivity index (χ3n) is 2.03. The molecule has 0 radical (unpaired) electrons. The van der Waals surface area contributed by atoms with Crippen LogP contribution in [0, 0.1) is 0 Å². The van der Waals surface area contributed by atoms with E-state index in [2.05, 4.69) is 31.2 Å². The van der Waals surface area contributed by atoms with Crippen molar-refractivity contribution in [3.63, 3.8) is 0 Å². The average molecular weight is 299 g/mol. The summed E-state index contributed by atoms with van der Waals surface area (Å²) in [5.74, 6) is 0. The Kier molecular flexibility index (Phi) is 3.74. The molecule has 0 aliphatic carbocycles. The Morgan fingerprint density at radius 3 is 2.69 bits per heavy atom. The van der Waals surface area contributed by atoms with Gasteiger partial charge >= 0.3 is 0 Å². The summed E-state index contributed by atoms with van der Waals surface area (Å²) in [7, 11) is 0. The van der Waals surface area contributed by atoms with Crippen LogP contribution in [0.15, 0.2) is 41.4 Å². The number of nitrogens with one attached hydrogen (secondary N) is 1. The molecule has 1 heterocycles. The SMILES string of the molecule is Clc1cc(Br)ccc1NCc1cncnc1. The molecule has 0 fully saturated rings. The van der Waals surface area contributed by atoms with Crippen LogP contribution in [0.25, 0.3) is 0 Å². The van der Waals surface area contributed by atoms with Crippen molar-refractivity contribution in [2.45, 2.75) is 6.54 Å². The number of aromatic nitrogens is 2. The summed E-state index contributed by atoms with van der Waals surface area (Å²) in [6, 6.07) is 5.72. The molecule has 3 nitrogen and oxygen atoms in total. The first-order valence-corrected chi connectivity index (χ1v) is 5.85. The first-order valence-electron chi connectivity index (χ1n) is 4.68. The second-order valence-electron chi connectivity index (χ2n) is 3.22. The smallest absolute Gasteiger partial charge is 0.115 e. The van der Waals surface area contributed by atoms with Crippen molar-refractivity contribution in [2.75, 3.05) is 5.32 Å². The summed E-state index contributed by atoms with van der Waals surface area (Å²) in [5.41, 5.74) is 1.91. The van der Waals surface area contributed by atoms with Crippen LogP contribution in [0.5, 0.6) is 0 Å². The number of hydrogen-bond acceptors (Lipinski definition) is 3. The monoisotopic (exact) mass is 297 g/mol. The molecule has 1 aromatic heterocycles. The highest BCUT2D eigenvalue weighted by Crippen LogP contribution is 2.25. The van der Waals surface area contributed by atoms with Crippen LogP contribution in [-0.2, 0) is 6.54 Å². The summed E-state index contributed by atoms with van der Waals surface area (Å²) in [6.07, 6.45) is 5.05. The highest BCUT2D eigenvalue weighted by molar-refractivity contribution is 9.10. The fraction of sp³-hybridized carbons (Fsp3) is 0.0909. The van der Waals surface area contributed by atoms with Gasteiger partial charge in [-0.1, -0.05) is 27.5 Å². The van der Waals surface area contributed by atoms with Gasteiger partial charge in [0.2, 0.25) is 0 Å². The summed E-state index contributed by atoms with van der Waals surface area (Å²) in [5, 5.41) is 3.91. The van der Waals surface area contributed by atoms with Crippen molar-refractivity contribution in [1.29, 1.82) is 0 Å². The number of hydrogen-bond donors (Lipinski definition) is 1. The van der Waals surface area contributed by atoms with Gasteiger partial charge in [-0.25, -0.2) is 9.97 Å². The van der Waals surface area contributed by atoms with Gasteiger partial charge in [0, 0.05) is 29.0 Å². The number of benzene rings is 1. The van der Waals surface area contributed by atoms with E-state index in [-0.39, 0.29) is 0 Å². The lowest BCUT2D eigenvalue weighted by molar-refractivity contribution is 1.05. The first kappa shape index (κ1) is 11.4. The maximum atomic E-state index is 6.07. The second kappa shape index (κ2) is 5.27. The van der Waals surface area contributed by atoms with E-state index < -0.39 is 0 Å². The molecule has 16 heavy (non-hydrogen) atoms. The van der Waals surface area contributed by atoms with E-state index in [0.29, 0.717) is 11.6 Å². The molecule has 0 aliphatic heterocycles. The van der Waals surface area contributed by atoms with Crippen molar-refractivity contribution < 1.29 is 0 Å². The largest absolute Gasteiger partial charge is 0.380 e. The van der Waals surface area contributed by atoms with Crippen LogP contribution in [-0.4, -0.2) is 9.97 Å². The van der Waals surface area contributed by atoms with Crippen molar-refractivity contribution in [3.05, 3.63) is 52.0 Å². The quantitative estimate of drug-likeness (QED) is 0.942. The zero-order chi connectivity index (χ0) is 11.4. The summed E-state index contributed by atoms with van der Waals surface area (Å²) < 4.78 is 0.964. The van der Waals surface area contributed by atoms with Gasteiger partial charge in [-0.05, 0) is 18.2 Å². The lowest BCUT2D eigenvalue weighted by Crippen LogP contribution is -2.00. The number of halogens is 2. The number of nitrogens with zero attached hydrogens (tertiary/aromatic N) is 2. The van der Waals surface area contributed by atoms with E-state index in [9.17, 15) is 0 Å². The Bertz CT molecular complexity index is 476. The van der Waals surface area contributed by atoms with Gasteiger partial charge in [-0.15, -0.1) is 0 Å². The van der Waals surface area contributed by atoms with Gasteiger partial charge in [-0.2, -0.15) is 0 Å². The molecule has 82 valence electrons. The summed E-state index contributed by atoms with van der Waals surface area (Å²) >= 11 is 9.43. The van der Waals surface area contributed by atoms with Crippen LogP contribution in [0.3, 0.4) is 0 Å². The van der Waals surface area contributed by atoms with E-state index in [0.717, 1.165) is 15.7 Å². The molecule has 0 spiro atoms. The lowest BCUT2D eigenvalue weighted by atomic mass is 10.3. The van der Waals surface area contributed by atoms with Crippen LogP contribution in [0.1, 0.15) is 5.56 Å². The van der Waals surface area contributed by atoms with E-state index in [1.807, 2.05) is 18.2 Å². The van der Waals surface area contributed by atoms with Crippen LogP contribution in [0.4, 0.5) is 5.69 Å². The van der Waals surface area contributed by atoms with E-state index in [1.165, 1.54) is 6.33 Å². The van der Waals surface area contributed by atoms with Gasteiger partial charge in [0.05, 0.1) is 10.7 Å². The fourth-order valence-corrected chi connectivity index (χ4v) is 1.99. The van der Waals surface area contributed by atoms with Gasteiger partial charge < -0.3 is 5.32 Å². The predicted molar refractivity (Wildman–Crippen MR) is 68.5 cm³/mol. The van der Waals surface area contributed by atoms with Gasteiger partial charge in [0.1, 0.15) is 6.33 Å².